The Balaban J connectivity index is 2.38. The van der Waals surface area contributed by atoms with Gasteiger partial charge in [-0.3, -0.25) is 0 Å². The number of nitrogens with one attached hydrogen (secondary N) is 1. The van der Waals surface area contributed by atoms with Crippen LogP contribution >= 0.6 is 15.9 Å². The molecular weight excluding hydrogens is 315 g/mol. The minimum Gasteiger partial charge on any atom is -0.478 e. The van der Waals surface area contributed by atoms with Gasteiger partial charge >= 0.3 is 5.97 Å². The third-order valence-corrected chi connectivity index (χ3v) is 3.19. The van der Waals surface area contributed by atoms with E-state index in [9.17, 15) is 9.18 Å². The van der Waals surface area contributed by atoms with Gasteiger partial charge in [-0.05, 0) is 46.3 Å². The Morgan fingerprint density at radius 3 is 2.63 bits per heavy atom. The van der Waals surface area contributed by atoms with E-state index < -0.39 is 5.97 Å². The molecule has 0 amide bonds. The molecule has 98 valence electrons. The van der Waals surface area contributed by atoms with Crippen LogP contribution in [-0.2, 0) is 0 Å². The fourth-order valence-electron chi connectivity index (χ4n) is 1.60. The summed E-state index contributed by atoms with van der Waals surface area (Å²) in [6.45, 7) is 0. The highest BCUT2D eigenvalue weighted by Crippen LogP contribution is 2.30. The molecule has 2 aromatic carbocycles. The van der Waals surface area contributed by atoms with Crippen LogP contribution in [0.4, 0.5) is 21.5 Å². The monoisotopic (exact) mass is 324 g/mol. The second-order valence-electron chi connectivity index (χ2n) is 3.82. The summed E-state index contributed by atoms with van der Waals surface area (Å²) in [7, 11) is 0. The average molecular weight is 325 g/mol. The van der Waals surface area contributed by atoms with Crippen LogP contribution in [0, 0.1) is 5.82 Å². The highest BCUT2D eigenvalue weighted by atomic mass is 79.9. The van der Waals surface area contributed by atoms with E-state index >= 15 is 0 Å². The lowest BCUT2D eigenvalue weighted by molar-refractivity contribution is 0.0698. The molecule has 0 aliphatic rings. The van der Waals surface area contributed by atoms with Gasteiger partial charge < -0.3 is 16.2 Å². The Kier molecular flexibility index (Phi) is 3.71. The van der Waals surface area contributed by atoms with Gasteiger partial charge in [-0.25, -0.2) is 9.18 Å². The maximum absolute atomic E-state index is 13.0. The van der Waals surface area contributed by atoms with Crippen molar-refractivity contribution in [2.75, 3.05) is 11.1 Å². The number of para-hydroxylation sites is 1. The van der Waals surface area contributed by atoms with Crippen molar-refractivity contribution in [1.29, 1.82) is 0 Å². The van der Waals surface area contributed by atoms with Crippen LogP contribution in [0.15, 0.2) is 40.9 Å². The fraction of sp³-hybridized carbons (Fsp3) is 0. The SMILES string of the molecule is Nc1c(Nc2ccc(F)cc2Br)cccc1C(=O)O. The molecule has 2 aromatic rings. The van der Waals surface area contributed by atoms with Crippen LogP contribution in [-0.4, -0.2) is 11.1 Å². The summed E-state index contributed by atoms with van der Waals surface area (Å²) in [5.41, 5.74) is 6.97. The molecule has 4 N–H and O–H groups in total. The maximum Gasteiger partial charge on any atom is 0.337 e. The number of nitrogen functional groups attached to an aromatic ring is 1. The van der Waals surface area contributed by atoms with Crippen LogP contribution in [0.1, 0.15) is 10.4 Å². The van der Waals surface area contributed by atoms with Crippen molar-refractivity contribution in [2.45, 2.75) is 0 Å². The quantitative estimate of drug-likeness (QED) is 0.754. The van der Waals surface area contributed by atoms with Gasteiger partial charge in [0.15, 0.2) is 0 Å². The Morgan fingerprint density at radius 1 is 1.26 bits per heavy atom. The van der Waals surface area contributed by atoms with E-state index in [1.165, 1.54) is 24.3 Å². The smallest absolute Gasteiger partial charge is 0.337 e. The molecule has 0 aromatic heterocycles. The number of benzene rings is 2. The first-order valence-electron chi connectivity index (χ1n) is 5.33. The van der Waals surface area contributed by atoms with Gasteiger partial charge in [0.2, 0.25) is 0 Å². The summed E-state index contributed by atoms with van der Waals surface area (Å²) in [6.07, 6.45) is 0. The van der Waals surface area contributed by atoms with Crippen molar-refractivity contribution in [3.05, 3.63) is 52.3 Å². The fourth-order valence-corrected chi connectivity index (χ4v) is 2.05. The van der Waals surface area contributed by atoms with Crippen molar-refractivity contribution < 1.29 is 14.3 Å². The number of nitrogens with two attached hydrogens (primary N) is 1. The summed E-state index contributed by atoms with van der Waals surface area (Å²) >= 11 is 3.22. The number of carbonyl (C=O) groups is 1. The zero-order valence-electron chi connectivity index (χ0n) is 9.65. The van der Waals surface area contributed by atoms with Gasteiger partial charge in [0.1, 0.15) is 5.82 Å². The molecule has 0 fully saturated rings. The molecule has 0 unspecified atom stereocenters. The average Bonchev–Trinajstić information content (AvgIpc) is 2.34. The summed E-state index contributed by atoms with van der Waals surface area (Å²) in [4.78, 5) is 11.0. The standard InChI is InChI=1S/C13H10BrFN2O2/c14-9-6-7(15)4-5-10(9)17-11-3-1-2-8(12(11)16)13(18)19/h1-6,17H,16H2,(H,18,19). The molecule has 0 saturated heterocycles. The summed E-state index contributed by atoms with van der Waals surface area (Å²) in [5, 5.41) is 11.9. The molecule has 4 nitrogen and oxygen atoms in total. The van der Waals surface area contributed by atoms with Crippen molar-refractivity contribution in [2.24, 2.45) is 0 Å². The number of anilines is 3. The lowest BCUT2D eigenvalue weighted by atomic mass is 10.1. The molecule has 6 heteroatoms. The molecule has 0 radical (unpaired) electrons. The zero-order valence-corrected chi connectivity index (χ0v) is 11.2. The van der Waals surface area contributed by atoms with Crippen LogP contribution in [0.25, 0.3) is 0 Å². The van der Waals surface area contributed by atoms with E-state index in [0.717, 1.165) is 0 Å². The summed E-state index contributed by atoms with van der Waals surface area (Å²) < 4.78 is 13.5. The Labute approximate surface area is 117 Å². The normalized spacial score (nSPS) is 10.2. The number of hydrogen-bond acceptors (Lipinski definition) is 3. The minimum absolute atomic E-state index is 0.0169. The van der Waals surface area contributed by atoms with Crippen molar-refractivity contribution in [1.82, 2.24) is 0 Å². The lowest BCUT2D eigenvalue weighted by Gasteiger charge is -2.12. The van der Waals surface area contributed by atoms with Crippen molar-refractivity contribution in [3.8, 4) is 0 Å². The van der Waals surface area contributed by atoms with Gasteiger partial charge in [-0.15, -0.1) is 0 Å². The van der Waals surface area contributed by atoms with Crippen LogP contribution < -0.4 is 11.1 Å². The molecule has 0 heterocycles. The number of aromatic carboxylic acids is 1. The van der Waals surface area contributed by atoms with E-state index in [0.29, 0.717) is 15.8 Å². The molecule has 0 spiro atoms. The molecule has 0 aliphatic heterocycles. The summed E-state index contributed by atoms with van der Waals surface area (Å²) in [6, 6.07) is 8.79. The second-order valence-corrected chi connectivity index (χ2v) is 4.68. The molecule has 0 aliphatic carbocycles. The minimum atomic E-state index is -1.10. The number of halogens is 2. The summed E-state index contributed by atoms with van der Waals surface area (Å²) in [5.74, 6) is -1.47. The van der Waals surface area contributed by atoms with Crippen molar-refractivity contribution in [3.63, 3.8) is 0 Å². The van der Waals surface area contributed by atoms with Gasteiger partial charge in [0.05, 0.1) is 22.6 Å². The second kappa shape index (κ2) is 5.27. The highest BCUT2D eigenvalue weighted by molar-refractivity contribution is 9.10. The highest BCUT2D eigenvalue weighted by Gasteiger charge is 2.12. The largest absolute Gasteiger partial charge is 0.478 e. The molecule has 2 rings (SSSR count). The Bertz CT molecular complexity index is 647. The van der Waals surface area contributed by atoms with Crippen LogP contribution in [0.5, 0.6) is 0 Å². The van der Waals surface area contributed by atoms with Gasteiger partial charge in [-0.2, -0.15) is 0 Å². The number of carboxylic acids is 1. The Morgan fingerprint density at radius 2 is 2.00 bits per heavy atom. The zero-order chi connectivity index (χ0) is 14.0. The van der Waals surface area contributed by atoms with E-state index in [1.54, 1.807) is 12.1 Å². The lowest BCUT2D eigenvalue weighted by Crippen LogP contribution is -2.05. The van der Waals surface area contributed by atoms with E-state index in [-0.39, 0.29) is 17.1 Å². The number of carboxylic acid groups (broad SMARTS) is 1. The van der Waals surface area contributed by atoms with Gasteiger partial charge in [0.25, 0.3) is 0 Å². The first kappa shape index (κ1) is 13.4. The first-order valence-corrected chi connectivity index (χ1v) is 6.12. The van der Waals surface area contributed by atoms with E-state index in [4.69, 9.17) is 10.8 Å². The van der Waals surface area contributed by atoms with Crippen molar-refractivity contribution >= 4 is 39.0 Å². The molecule has 0 bridgehead atoms. The molecule has 0 atom stereocenters. The van der Waals surface area contributed by atoms with E-state index in [2.05, 4.69) is 21.2 Å². The van der Waals surface area contributed by atoms with Gasteiger partial charge in [0, 0.05) is 4.47 Å². The predicted octanol–water partition coefficient (Wildman–Crippen LogP) is 3.61. The molecule has 19 heavy (non-hydrogen) atoms. The molecular formula is C13H10BrFN2O2. The van der Waals surface area contributed by atoms with Crippen LogP contribution in [0.2, 0.25) is 0 Å². The first-order chi connectivity index (χ1) is 8.99. The van der Waals surface area contributed by atoms with E-state index in [1.807, 2.05) is 0 Å². The number of hydrogen-bond donors (Lipinski definition) is 3. The topological polar surface area (TPSA) is 75.3 Å². The third-order valence-electron chi connectivity index (χ3n) is 2.54. The predicted molar refractivity (Wildman–Crippen MR) is 75.2 cm³/mol. The number of rotatable bonds is 3. The molecule has 0 saturated carbocycles. The van der Waals surface area contributed by atoms with Gasteiger partial charge in [-0.1, -0.05) is 6.07 Å². The van der Waals surface area contributed by atoms with Crippen LogP contribution in [0.3, 0.4) is 0 Å². The maximum atomic E-state index is 13.0. The third kappa shape index (κ3) is 2.85. The Hall–Kier alpha value is -2.08.